The Morgan fingerprint density at radius 2 is 2.04 bits per heavy atom. The van der Waals surface area contributed by atoms with Crippen LogP contribution in [0.5, 0.6) is 5.75 Å². The molecule has 7 heteroatoms. The molecule has 0 radical (unpaired) electrons. The van der Waals surface area contributed by atoms with Crippen molar-refractivity contribution in [3.63, 3.8) is 0 Å². The van der Waals surface area contributed by atoms with Crippen LogP contribution in [0.1, 0.15) is 11.1 Å². The Kier molecular flexibility index (Phi) is 6.27. The maximum Gasteiger partial charge on any atom is 0.259 e. The van der Waals surface area contributed by atoms with Crippen LogP contribution in [-0.2, 0) is 11.4 Å². The lowest BCUT2D eigenvalue weighted by molar-refractivity contribution is -0.114. The molecule has 0 saturated carbocycles. The Labute approximate surface area is 157 Å². The van der Waals surface area contributed by atoms with Gasteiger partial charge >= 0.3 is 0 Å². The van der Waals surface area contributed by atoms with Crippen molar-refractivity contribution >= 4 is 51.1 Å². The van der Waals surface area contributed by atoms with Crippen molar-refractivity contribution < 1.29 is 9.53 Å². The maximum atomic E-state index is 11.2. The monoisotopic (exact) mass is 424 g/mol. The molecule has 2 rings (SSSR count). The van der Waals surface area contributed by atoms with Gasteiger partial charge in [0.05, 0.1) is 0 Å². The van der Waals surface area contributed by atoms with Gasteiger partial charge < -0.3 is 10.5 Å². The Morgan fingerprint density at radius 1 is 1.29 bits per heavy atom. The number of nitrogens with zero attached hydrogens (tertiary/aromatic N) is 1. The Balaban J connectivity index is 2.31. The zero-order valence-corrected chi connectivity index (χ0v) is 15.3. The van der Waals surface area contributed by atoms with E-state index in [-0.39, 0.29) is 12.2 Å². The van der Waals surface area contributed by atoms with Gasteiger partial charge in [-0.2, -0.15) is 5.26 Å². The van der Waals surface area contributed by atoms with Gasteiger partial charge in [-0.1, -0.05) is 45.2 Å². The molecule has 0 saturated heterocycles. The number of halogens is 3. The lowest BCUT2D eigenvalue weighted by atomic mass is 10.1. The highest BCUT2D eigenvalue weighted by molar-refractivity contribution is 9.10. The highest BCUT2D eigenvalue weighted by Gasteiger charge is 2.09. The number of carbonyl (C=O) groups is 1. The van der Waals surface area contributed by atoms with Crippen molar-refractivity contribution in [2.75, 3.05) is 0 Å². The first-order chi connectivity index (χ1) is 11.4. The standard InChI is InChI=1S/C17H11BrCl2N2O2/c18-13-2-4-16(11(6-13)5-12(8-21)17(22)23)24-9-10-1-3-14(19)7-15(10)20/h1-7H,9H2,(H2,22,23)/b12-5+. The molecular formula is C17H11BrCl2N2O2. The molecule has 0 aliphatic rings. The number of nitrogens with two attached hydrogens (primary N) is 1. The van der Waals surface area contributed by atoms with E-state index >= 15 is 0 Å². The molecule has 0 spiro atoms. The summed E-state index contributed by atoms with van der Waals surface area (Å²) in [6.45, 7) is 0.205. The molecule has 0 unspecified atom stereocenters. The second-order valence-corrected chi connectivity index (χ2v) is 6.50. The highest BCUT2D eigenvalue weighted by Crippen LogP contribution is 2.28. The van der Waals surface area contributed by atoms with Crippen molar-refractivity contribution in [2.24, 2.45) is 5.73 Å². The van der Waals surface area contributed by atoms with Crippen molar-refractivity contribution in [1.29, 1.82) is 5.26 Å². The fourth-order valence-corrected chi connectivity index (χ4v) is 2.71. The van der Waals surface area contributed by atoms with Gasteiger partial charge in [-0.05, 0) is 36.4 Å². The Hall–Kier alpha value is -2.00. The van der Waals surface area contributed by atoms with Gasteiger partial charge in [0.1, 0.15) is 24.0 Å². The topological polar surface area (TPSA) is 76.1 Å². The first-order valence-electron chi connectivity index (χ1n) is 6.68. The van der Waals surface area contributed by atoms with Gasteiger partial charge in [0.15, 0.2) is 0 Å². The van der Waals surface area contributed by atoms with E-state index in [1.165, 1.54) is 6.08 Å². The first kappa shape index (κ1) is 18.3. The third kappa shape index (κ3) is 4.75. The quantitative estimate of drug-likeness (QED) is 0.555. The molecule has 0 fully saturated rings. The van der Waals surface area contributed by atoms with Crippen LogP contribution in [-0.4, -0.2) is 5.91 Å². The second kappa shape index (κ2) is 8.20. The van der Waals surface area contributed by atoms with Crippen LogP contribution >= 0.6 is 39.1 Å². The number of carbonyl (C=O) groups excluding carboxylic acids is 1. The van der Waals surface area contributed by atoms with E-state index in [2.05, 4.69) is 15.9 Å². The van der Waals surface area contributed by atoms with Crippen LogP contribution in [0.2, 0.25) is 10.0 Å². The van der Waals surface area contributed by atoms with Crippen molar-refractivity contribution in [1.82, 2.24) is 0 Å². The molecule has 0 heterocycles. The average molecular weight is 426 g/mol. The molecule has 4 nitrogen and oxygen atoms in total. The van der Waals surface area contributed by atoms with Gasteiger partial charge in [-0.25, -0.2) is 0 Å². The molecule has 1 amide bonds. The van der Waals surface area contributed by atoms with Gasteiger partial charge in [-0.15, -0.1) is 0 Å². The molecule has 0 aliphatic heterocycles. The number of hydrogen-bond acceptors (Lipinski definition) is 3. The Morgan fingerprint density at radius 3 is 2.67 bits per heavy atom. The van der Waals surface area contributed by atoms with Crippen LogP contribution in [0.3, 0.4) is 0 Å². The van der Waals surface area contributed by atoms with Crippen LogP contribution in [0, 0.1) is 11.3 Å². The molecule has 0 aliphatic carbocycles. The number of nitriles is 1. The zero-order valence-electron chi connectivity index (χ0n) is 12.2. The molecule has 2 aromatic rings. The smallest absolute Gasteiger partial charge is 0.259 e. The highest BCUT2D eigenvalue weighted by atomic mass is 79.9. The third-order valence-electron chi connectivity index (χ3n) is 3.06. The van der Waals surface area contributed by atoms with Crippen LogP contribution < -0.4 is 10.5 Å². The van der Waals surface area contributed by atoms with Crippen LogP contribution in [0.4, 0.5) is 0 Å². The van der Waals surface area contributed by atoms with Gasteiger partial charge in [0.2, 0.25) is 0 Å². The first-order valence-corrected chi connectivity index (χ1v) is 8.23. The summed E-state index contributed by atoms with van der Waals surface area (Å²) < 4.78 is 6.54. The molecule has 0 bridgehead atoms. The molecule has 122 valence electrons. The van der Waals surface area contributed by atoms with Crippen LogP contribution in [0.25, 0.3) is 6.08 Å². The summed E-state index contributed by atoms with van der Waals surface area (Å²) in [4.78, 5) is 11.2. The minimum absolute atomic E-state index is 0.164. The minimum Gasteiger partial charge on any atom is -0.488 e. The zero-order chi connectivity index (χ0) is 17.7. The summed E-state index contributed by atoms with van der Waals surface area (Å²) in [5, 5.41) is 10.0. The summed E-state index contributed by atoms with van der Waals surface area (Å²) >= 11 is 15.3. The van der Waals surface area contributed by atoms with E-state index in [4.69, 9.17) is 38.9 Å². The fourth-order valence-electron chi connectivity index (χ4n) is 1.87. The number of primary amides is 1. The van der Waals surface area contributed by atoms with Crippen LogP contribution in [0.15, 0.2) is 46.4 Å². The van der Waals surface area contributed by atoms with E-state index in [1.54, 1.807) is 42.5 Å². The number of benzene rings is 2. The molecule has 24 heavy (non-hydrogen) atoms. The van der Waals surface area contributed by atoms with Crippen molar-refractivity contribution in [2.45, 2.75) is 6.61 Å². The van der Waals surface area contributed by atoms with E-state index in [1.807, 2.05) is 0 Å². The lowest BCUT2D eigenvalue weighted by Gasteiger charge is -2.11. The molecule has 0 aromatic heterocycles. The third-order valence-corrected chi connectivity index (χ3v) is 4.14. The minimum atomic E-state index is -0.802. The average Bonchev–Trinajstić information content (AvgIpc) is 2.52. The van der Waals surface area contributed by atoms with E-state index in [0.717, 1.165) is 10.0 Å². The van der Waals surface area contributed by atoms with E-state index in [0.29, 0.717) is 21.4 Å². The lowest BCUT2D eigenvalue weighted by Crippen LogP contribution is -2.12. The summed E-state index contributed by atoms with van der Waals surface area (Å²) in [7, 11) is 0. The molecule has 2 N–H and O–H groups in total. The van der Waals surface area contributed by atoms with Gasteiger partial charge in [-0.3, -0.25) is 4.79 Å². The normalized spacial score (nSPS) is 11.0. The number of rotatable bonds is 5. The largest absolute Gasteiger partial charge is 0.488 e. The SMILES string of the molecule is N#C/C(=C\c1cc(Br)ccc1OCc1ccc(Cl)cc1Cl)C(N)=O. The summed E-state index contributed by atoms with van der Waals surface area (Å²) in [5.41, 5.74) is 6.31. The van der Waals surface area contributed by atoms with Gasteiger partial charge in [0, 0.05) is 25.6 Å². The van der Waals surface area contributed by atoms with Crippen molar-refractivity contribution in [3.05, 3.63) is 67.6 Å². The maximum absolute atomic E-state index is 11.2. The summed E-state index contributed by atoms with van der Waals surface area (Å²) in [6, 6.07) is 12.1. The number of amides is 1. The Bertz CT molecular complexity index is 860. The van der Waals surface area contributed by atoms with E-state index in [9.17, 15) is 4.79 Å². The molecule has 0 atom stereocenters. The van der Waals surface area contributed by atoms with E-state index < -0.39 is 5.91 Å². The number of hydrogen-bond donors (Lipinski definition) is 1. The summed E-state index contributed by atoms with van der Waals surface area (Å²) in [5.74, 6) is -0.317. The molecular weight excluding hydrogens is 415 g/mol. The predicted octanol–water partition coefficient (Wildman–Crippen LogP) is 4.73. The second-order valence-electron chi connectivity index (χ2n) is 4.74. The number of ether oxygens (including phenoxy) is 1. The van der Waals surface area contributed by atoms with Gasteiger partial charge in [0.25, 0.3) is 5.91 Å². The molecule has 2 aromatic carbocycles. The van der Waals surface area contributed by atoms with Crippen molar-refractivity contribution in [3.8, 4) is 11.8 Å². The summed E-state index contributed by atoms with van der Waals surface area (Å²) in [6.07, 6.45) is 1.38. The fraction of sp³-hybridized carbons (Fsp3) is 0.0588. The predicted molar refractivity (Wildman–Crippen MR) is 97.7 cm³/mol.